The monoisotopic (exact) mass is 277 g/mol. The molecule has 0 saturated heterocycles. The lowest BCUT2D eigenvalue weighted by Gasteiger charge is -2.13. The number of aryl methyl sites for hydroxylation is 1. The van der Waals surface area contributed by atoms with Crippen LogP contribution in [0.2, 0.25) is 0 Å². The minimum atomic E-state index is 0.0277. The highest BCUT2D eigenvalue weighted by Gasteiger charge is 2.05. The summed E-state index contributed by atoms with van der Waals surface area (Å²) in [4.78, 5) is 0. The highest BCUT2D eigenvalue weighted by molar-refractivity contribution is 5.55. The number of nitriles is 2. The summed E-state index contributed by atoms with van der Waals surface area (Å²) >= 11 is 0. The number of nitrogens with zero attached hydrogens (tertiary/aromatic N) is 2. The van der Waals surface area contributed by atoms with Crippen LogP contribution in [0.5, 0.6) is 5.75 Å². The van der Waals surface area contributed by atoms with Gasteiger partial charge < -0.3 is 10.1 Å². The average molecular weight is 277 g/mol. The van der Waals surface area contributed by atoms with E-state index in [4.69, 9.17) is 15.3 Å². The molecule has 0 fully saturated rings. The van der Waals surface area contributed by atoms with Gasteiger partial charge in [-0.25, -0.2) is 0 Å². The van der Waals surface area contributed by atoms with Crippen LogP contribution in [0, 0.1) is 29.6 Å². The quantitative estimate of drug-likeness (QED) is 0.909. The molecule has 0 heterocycles. The van der Waals surface area contributed by atoms with E-state index in [2.05, 4.69) is 11.4 Å². The van der Waals surface area contributed by atoms with Gasteiger partial charge in [-0.05, 0) is 30.7 Å². The average Bonchev–Trinajstić information content (AvgIpc) is 2.53. The van der Waals surface area contributed by atoms with Gasteiger partial charge in [-0.3, -0.25) is 0 Å². The van der Waals surface area contributed by atoms with Crippen LogP contribution in [0.4, 0.5) is 5.69 Å². The van der Waals surface area contributed by atoms with Crippen LogP contribution in [0.15, 0.2) is 42.5 Å². The Morgan fingerprint density at radius 2 is 1.95 bits per heavy atom. The summed E-state index contributed by atoms with van der Waals surface area (Å²) < 4.78 is 5.40. The maximum absolute atomic E-state index is 8.95. The number of nitrogens with one attached hydrogen (secondary N) is 1. The molecule has 0 aliphatic rings. The second-order valence-electron chi connectivity index (χ2n) is 4.55. The molecule has 104 valence electrons. The Kier molecular flexibility index (Phi) is 4.79. The summed E-state index contributed by atoms with van der Waals surface area (Å²) in [6.07, 6.45) is 0. The first-order valence-corrected chi connectivity index (χ1v) is 6.57. The van der Waals surface area contributed by atoms with Crippen LogP contribution < -0.4 is 10.1 Å². The molecule has 0 spiro atoms. The van der Waals surface area contributed by atoms with Crippen molar-refractivity contribution in [1.82, 2.24) is 0 Å². The summed E-state index contributed by atoms with van der Waals surface area (Å²) in [5, 5.41) is 20.9. The van der Waals surface area contributed by atoms with Gasteiger partial charge in [-0.1, -0.05) is 24.3 Å². The van der Waals surface area contributed by atoms with Crippen molar-refractivity contribution in [2.75, 3.05) is 11.9 Å². The van der Waals surface area contributed by atoms with Crippen LogP contribution in [0.1, 0.15) is 16.7 Å². The molecule has 4 heteroatoms. The number of anilines is 1. The molecule has 0 saturated carbocycles. The van der Waals surface area contributed by atoms with Crippen LogP contribution in [-0.4, -0.2) is 6.61 Å². The third-order valence-corrected chi connectivity index (χ3v) is 3.10. The lowest BCUT2D eigenvalue weighted by molar-refractivity contribution is 0.364. The summed E-state index contributed by atoms with van der Waals surface area (Å²) in [5.41, 5.74) is 3.58. The summed E-state index contributed by atoms with van der Waals surface area (Å²) in [6, 6.07) is 17.2. The molecule has 0 unspecified atom stereocenters. The van der Waals surface area contributed by atoms with Gasteiger partial charge in [-0.15, -0.1) is 0 Å². The van der Waals surface area contributed by atoms with E-state index in [9.17, 15) is 0 Å². The first-order chi connectivity index (χ1) is 10.2. The molecule has 2 rings (SSSR count). The Labute approximate surface area is 124 Å². The molecule has 4 nitrogen and oxygen atoms in total. The third-order valence-electron chi connectivity index (χ3n) is 3.10. The van der Waals surface area contributed by atoms with Crippen molar-refractivity contribution < 1.29 is 4.74 Å². The molecule has 2 aromatic carbocycles. The fourth-order valence-corrected chi connectivity index (χ4v) is 1.97. The Hall–Kier alpha value is -2.98. The van der Waals surface area contributed by atoms with E-state index >= 15 is 0 Å². The molecule has 0 atom stereocenters. The minimum absolute atomic E-state index is 0.0277. The predicted molar refractivity (Wildman–Crippen MR) is 80.8 cm³/mol. The molecule has 0 aliphatic carbocycles. The molecule has 21 heavy (non-hydrogen) atoms. The van der Waals surface area contributed by atoms with Crippen molar-refractivity contribution in [3.05, 3.63) is 59.2 Å². The van der Waals surface area contributed by atoms with Gasteiger partial charge in [0.15, 0.2) is 6.61 Å². The van der Waals surface area contributed by atoms with Crippen LogP contribution >= 0.6 is 0 Å². The molecule has 1 N–H and O–H groups in total. The number of ether oxygens (including phenoxy) is 1. The lowest BCUT2D eigenvalue weighted by atomic mass is 10.1. The van der Waals surface area contributed by atoms with Crippen molar-refractivity contribution >= 4 is 5.69 Å². The second kappa shape index (κ2) is 6.98. The predicted octanol–water partition coefficient (Wildman–Crippen LogP) is 3.38. The van der Waals surface area contributed by atoms with E-state index in [0.29, 0.717) is 17.9 Å². The molecule has 0 aromatic heterocycles. The Morgan fingerprint density at radius 3 is 2.71 bits per heavy atom. The maximum Gasteiger partial charge on any atom is 0.174 e. The van der Waals surface area contributed by atoms with E-state index in [0.717, 1.165) is 16.8 Å². The molecule has 0 radical (unpaired) electrons. The SMILES string of the molecule is Cc1ccc(C#N)cc1NCc1ccccc1OCC#N. The normalized spacial score (nSPS) is 9.48. The zero-order chi connectivity index (χ0) is 15.1. The Morgan fingerprint density at radius 1 is 1.14 bits per heavy atom. The molecule has 0 aliphatic heterocycles. The molecule has 0 amide bonds. The van der Waals surface area contributed by atoms with Crippen molar-refractivity contribution in [2.45, 2.75) is 13.5 Å². The topological polar surface area (TPSA) is 68.8 Å². The highest BCUT2D eigenvalue weighted by Crippen LogP contribution is 2.21. The zero-order valence-electron chi connectivity index (χ0n) is 11.8. The van der Waals surface area contributed by atoms with Crippen molar-refractivity contribution in [3.63, 3.8) is 0 Å². The molecule has 2 aromatic rings. The van der Waals surface area contributed by atoms with Gasteiger partial charge in [0.25, 0.3) is 0 Å². The van der Waals surface area contributed by atoms with E-state index in [1.807, 2.05) is 49.4 Å². The van der Waals surface area contributed by atoms with E-state index in [1.165, 1.54) is 0 Å². The first kappa shape index (κ1) is 14.4. The van der Waals surface area contributed by atoms with Gasteiger partial charge in [0, 0.05) is 17.8 Å². The van der Waals surface area contributed by atoms with Crippen LogP contribution in [0.3, 0.4) is 0 Å². The number of hydrogen-bond donors (Lipinski definition) is 1. The fourth-order valence-electron chi connectivity index (χ4n) is 1.97. The molecule has 0 bridgehead atoms. The van der Waals surface area contributed by atoms with Crippen LogP contribution in [0.25, 0.3) is 0 Å². The molecular weight excluding hydrogens is 262 g/mol. The van der Waals surface area contributed by atoms with Gasteiger partial charge in [0.1, 0.15) is 11.8 Å². The number of benzene rings is 2. The lowest BCUT2D eigenvalue weighted by Crippen LogP contribution is -2.04. The number of hydrogen-bond acceptors (Lipinski definition) is 4. The number of rotatable bonds is 5. The summed E-state index contributed by atoms with van der Waals surface area (Å²) in [7, 11) is 0. The summed E-state index contributed by atoms with van der Waals surface area (Å²) in [5.74, 6) is 0.695. The fraction of sp³-hybridized carbons (Fsp3) is 0.176. The standard InChI is InChI=1S/C17H15N3O/c1-13-6-7-14(11-19)10-16(13)20-12-15-4-2-3-5-17(15)21-9-8-18/h2-7,10,20H,9,12H2,1H3. The summed E-state index contributed by atoms with van der Waals surface area (Å²) in [6.45, 7) is 2.58. The third kappa shape index (κ3) is 3.75. The van der Waals surface area contributed by atoms with E-state index in [1.54, 1.807) is 6.07 Å². The highest BCUT2D eigenvalue weighted by atomic mass is 16.5. The Bertz CT molecular complexity index is 711. The van der Waals surface area contributed by atoms with Crippen LogP contribution in [-0.2, 0) is 6.54 Å². The van der Waals surface area contributed by atoms with Gasteiger partial charge in [-0.2, -0.15) is 10.5 Å². The van der Waals surface area contributed by atoms with E-state index < -0.39 is 0 Å². The maximum atomic E-state index is 8.95. The van der Waals surface area contributed by atoms with Crippen molar-refractivity contribution in [2.24, 2.45) is 0 Å². The zero-order valence-corrected chi connectivity index (χ0v) is 11.8. The smallest absolute Gasteiger partial charge is 0.174 e. The van der Waals surface area contributed by atoms with Gasteiger partial charge in [0.2, 0.25) is 0 Å². The number of para-hydroxylation sites is 1. The minimum Gasteiger partial charge on any atom is -0.478 e. The van der Waals surface area contributed by atoms with Crippen molar-refractivity contribution in [3.8, 4) is 17.9 Å². The molecular formula is C17H15N3O. The largest absolute Gasteiger partial charge is 0.478 e. The van der Waals surface area contributed by atoms with Gasteiger partial charge in [0.05, 0.1) is 11.6 Å². The first-order valence-electron chi connectivity index (χ1n) is 6.57. The van der Waals surface area contributed by atoms with E-state index in [-0.39, 0.29) is 6.61 Å². The second-order valence-corrected chi connectivity index (χ2v) is 4.55. The van der Waals surface area contributed by atoms with Crippen molar-refractivity contribution in [1.29, 1.82) is 10.5 Å². The Balaban J connectivity index is 2.14. The van der Waals surface area contributed by atoms with Gasteiger partial charge >= 0.3 is 0 Å².